The van der Waals surface area contributed by atoms with Crippen LogP contribution < -0.4 is 4.74 Å². The fraction of sp³-hybridized carbons (Fsp3) is 0.471. The van der Waals surface area contributed by atoms with Gasteiger partial charge in [0.25, 0.3) is 0 Å². The third-order valence-corrected chi connectivity index (χ3v) is 4.10. The van der Waals surface area contributed by atoms with Crippen molar-refractivity contribution in [3.8, 4) is 5.75 Å². The molecule has 1 aliphatic rings. The Hall–Kier alpha value is -1.61. The molecule has 1 saturated carbocycles. The summed E-state index contributed by atoms with van der Waals surface area (Å²) in [6, 6.07) is 8.21. The van der Waals surface area contributed by atoms with Crippen molar-refractivity contribution in [3.05, 3.63) is 43.0 Å². The molecule has 0 radical (unpaired) electrons. The lowest BCUT2D eigenvalue weighted by Gasteiger charge is -2.43. The predicted octanol–water partition coefficient (Wildman–Crippen LogP) is 3.40. The number of benzene rings is 1. The van der Waals surface area contributed by atoms with Crippen LogP contribution in [0.25, 0.3) is 0 Å². The number of Topliss-reactive ketones (excluding diaryl/α,β-unsaturated/α-hetero) is 1. The van der Waals surface area contributed by atoms with E-state index in [-0.39, 0.29) is 5.54 Å². The number of carbonyl (C=O) groups excluding carboxylic acids is 1. The molecule has 110 valence electrons. The van der Waals surface area contributed by atoms with Crippen molar-refractivity contribution in [1.29, 1.82) is 0 Å². The summed E-state index contributed by atoms with van der Waals surface area (Å²) in [6.45, 7) is 6.00. The highest BCUT2D eigenvalue weighted by Gasteiger charge is 2.38. The van der Waals surface area contributed by atoms with Crippen LogP contribution in [0, 0.1) is 0 Å². The van der Waals surface area contributed by atoms with Crippen LogP contribution >= 0.6 is 0 Å². The summed E-state index contributed by atoms with van der Waals surface area (Å²) in [5.41, 5.74) is 1.22. The second kappa shape index (κ2) is 7.25. The van der Waals surface area contributed by atoms with Crippen LogP contribution in [0.3, 0.4) is 0 Å². The molecule has 3 nitrogen and oxygen atoms in total. The molecular formula is C17H25NO2. The summed E-state index contributed by atoms with van der Waals surface area (Å²) in [4.78, 5) is 13.7. The van der Waals surface area contributed by atoms with Gasteiger partial charge in [-0.2, -0.15) is 0 Å². The van der Waals surface area contributed by atoms with Crippen LogP contribution in [0.2, 0.25) is 0 Å². The molecule has 0 atom stereocenters. The van der Waals surface area contributed by atoms with Gasteiger partial charge in [0.2, 0.25) is 0 Å². The Bertz CT molecular complexity index is 444. The largest absolute Gasteiger partial charge is 0.497 e. The topological polar surface area (TPSA) is 29.5 Å². The van der Waals surface area contributed by atoms with Gasteiger partial charge < -0.3 is 4.74 Å². The minimum Gasteiger partial charge on any atom is -0.497 e. The second-order valence-electron chi connectivity index (χ2n) is 5.20. The van der Waals surface area contributed by atoms with Crippen molar-refractivity contribution in [3.63, 3.8) is 0 Å². The lowest BCUT2D eigenvalue weighted by atomic mass is 9.75. The van der Waals surface area contributed by atoms with E-state index < -0.39 is 0 Å². The Kier molecular flexibility index (Phi) is 5.96. The van der Waals surface area contributed by atoms with Gasteiger partial charge in [-0.05, 0) is 44.6 Å². The number of carbonyl (C=O) groups is 1. The fourth-order valence-electron chi connectivity index (χ4n) is 2.85. The first-order valence-electron chi connectivity index (χ1n) is 6.92. The first-order chi connectivity index (χ1) is 9.58. The molecular weight excluding hydrogens is 250 g/mol. The predicted molar refractivity (Wildman–Crippen MR) is 83.1 cm³/mol. The fourth-order valence-corrected chi connectivity index (χ4v) is 2.85. The van der Waals surface area contributed by atoms with Crippen LogP contribution in [0.4, 0.5) is 0 Å². The van der Waals surface area contributed by atoms with E-state index in [0.717, 1.165) is 18.6 Å². The van der Waals surface area contributed by atoms with E-state index in [0.29, 0.717) is 18.6 Å². The van der Waals surface area contributed by atoms with Gasteiger partial charge in [0, 0.05) is 18.4 Å². The maximum absolute atomic E-state index is 11.5. The smallest absolute Gasteiger partial charge is 0.133 e. The molecule has 2 rings (SSSR count). The summed E-state index contributed by atoms with van der Waals surface area (Å²) >= 11 is 0. The lowest BCUT2D eigenvalue weighted by Crippen LogP contribution is -2.44. The summed E-state index contributed by atoms with van der Waals surface area (Å²) in [7, 11) is 5.87. The van der Waals surface area contributed by atoms with Crippen molar-refractivity contribution in [2.75, 3.05) is 21.2 Å². The Morgan fingerprint density at radius 3 is 2.30 bits per heavy atom. The van der Waals surface area contributed by atoms with Crippen molar-refractivity contribution >= 4 is 5.78 Å². The number of methoxy groups -OCH3 is 1. The monoisotopic (exact) mass is 275 g/mol. The number of rotatable bonds is 3. The van der Waals surface area contributed by atoms with Crippen LogP contribution in [0.15, 0.2) is 37.4 Å². The molecule has 0 bridgehead atoms. The SMILES string of the molecule is C=C.COc1cccc(C2(N(C)C)CCC(=O)CC2)c1. The van der Waals surface area contributed by atoms with Gasteiger partial charge >= 0.3 is 0 Å². The quantitative estimate of drug-likeness (QED) is 0.792. The lowest BCUT2D eigenvalue weighted by molar-refractivity contribution is -0.122. The molecule has 0 aliphatic heterocycles. The number of hydrogen-bond acceptors (Lipinski definition) is 3. The molecule has 1 aromatic rings. The highest BCUT2D eigenvalue weighted by Crippen LogP contribution is 2.40. The van der Waals surface area contributed by atoms with Gasteiger partial charge in [0.15, 0.2) is 0 Å². The van der Waals surface area contributed by atoms with E-state index in [1.165, 1.54) is 5.56 Å². The zero-order valence-corrected chi connectivity index (χ0v) is 12.8. The van der Waals surface area contributed by atoms with E-state index in [4.69, 9.17) is 4.74 Å². The molecule has 3 heteroatoms. The summed E-state index contributed by atoms with van der Waals surface area (Å²) in [5, 5.41) is 0. The molecule has 1 aliphatic carbocycles. The van der Waals surface area contributed by atoms with Crippen LogP contribution in [-0.2, 0) is 10.3 Å². The average molecular weight is 275 g/mol. The van der Waals surface area contributed by atoms with Gasteiger partial charge in [0.05, 0.1) is 7.11 Å². The average Bonchev–Trinajstić information content (AvgIpc) is 2.50. The number of ketones is 1. The minimum absolute atomic E-state index is 0.0253. The van der Waals surface area contributed by atoms with Crippen molar-refractivity contribution in [1.82, 2.24) is 4.90 Å². The standard InChI is InChI=1S/C15H21NO2.C2H4/c1-16(2)15(9-7-13(17)8-10-15)12-5-4-6-14(11-12)18-3;1-2/h4-6,11H,7-10H2,1-3H3;1-2H2. The summed E-state index contributed by atoms with van der Waals surface area (Å²) < 4.78 is 5.31. The Morgan fingerprint density at radius 2 is 1.80 bits per heavy atom. The Morgan fingerprint density at radius 1 is 1.20 bits per heavy atom. The van der Waals surface area contributed by atoms with Crippen LogP contribution in [0.1, 0.15) is 31.2 Å². The molecule has 0 saturated heterocycles. The third-order valence-electron chi connectivity index (χ3n) is 4.10. The highest BCUT2D eigenvalue weighted by molar-refractivity contribution is 5.79. The number of hydrogen-bond donors (Lipinski definition) is 0. The summed E-state index contributed by atoms with van der Waals surface area (Å²) in [5.74, 6) is 1.26. The van der Waals surface area contributed by atoms with E-state index >= 15 is 0 Å². The van der Waals surface area contributed by atoms with Gasteiger partial charge in [-0.1, -0.05) is 12.1 Å². The molecule has 0 amide bonds. The molecule has 0 aromatic heterocycles. The van der Waals surface area contributed by atoms with Crippen LogP contribution in [0.5, 0.6) is 5.75 Å². The zero-order valence-electron chi connectivity index (χ0n) is 12.8. The van der Waals surface area contributed by atoms with Crippen molar-refractivity contribution in [2.24, 2.45) is 0 Å². The zero-order chi connectivity index (χ0) is 15.2. The molecule has 1 aromatic carbocycles. The van der Waals surface area contributed by atoms with Gasteiger partial charge in [-0.25, -0.2) is 0 Å². The first-order valence-corrected chi connectivity index (χ1v) is 6.92. The van der Waals surface area contributed by atoms with E-state index in [1.54, 1.807) is 7.11 Å². The normalized spacial score (nSPS) is 17.3. The Balaban J connectivity index is 0.000000956. The maximum Gasteiger partial charge on any atom is 0.133 e. The number of ether oxygens (including phenoxy) is 1. The number of nitrogens with zero attached hydrogens (tertiary/aromatic N) is 1. The molecule has 0 unspecified atom stereocenters. The molecule has 0 N–H and O–H groups in total. The molecule has 0 spiro atoms. The first kappa shape index (κ1) is 16.4. The summed E-state index contributed by atoms with van der Waals surface area (Å²) in [6.07, 6.45) is 3.14. The van der Waals surface area contributed by atoms with E-state index in [9.17, 15) is 4.79 Å². The molecule has 0 heterocycles. The third kappa shape index (κ3) is 3.28. The van der Waals surface area contributed by atoms with Gasteiger partial charge in [-0.15, -0.1) is 13.2 Å². The van der Waals surface area contributed by atoms with Crippen molar-refractivity contribution in [2.45, 2.75) is 31.2 Å². The van der Waals surface area contributed by atoms with Gasteiger partial charge in [0.1, 0.15) is 11.5 Å². The van der Waals surface area contributed by atoms with E-state index in [1.807, 2.05) is 12.1 Å². The van der Waals surface area contributed by atoms with E-state index in [2.05, 4.69) is 44.3 Å². The minimum atomic E-state index is -0.0253. The van der Waals surface area contributed by atoms with Crippen LogP contribution in [-0.4, -0.2) is 31.9 Å². The molecule has 1 fully saturated rings. The van der Waals surface area contributed by atoms with Crippen molar-refractivity contribution < 1.29 is 9.53 Å². The maximum atomic E-state index is 11.5. The molecule has 20 heavy (non-hydrogen) atoms. The van der Waals surface area contributed by atoms with Gasteiger partial charge in [-0.3, -0.25) is 9.69 Å². The Labute approximate surface area is 122 Å². The highest BCUT2D eigenvalue weighted by atomic mass is 16.5. The second-order valence-corrected chi connectivity index (χ2v) is 5.20.